The molecule has 0 bridgehead atoms. The van der Waals surface area contributed by atoms with Gasteiger partial charge in [0.25, 0.3) is 0 Å². The first-order valence-corrected chi connectivity index (χ1v) is 27.2. The number of hydrogen-bond acceptors (Lipinski definition) is 6. The molecule has 0 aliphatic carbocycles. The molecule has 362 valence electrons. The fraction of sp³-hybridized carbons (Fsp3) is 0.945. The molecule has 0 spiro atoms. The zero-order valence-corrected chi connectivity index (χ0v) is 41.8. The van der Waals surface area contributed by atoms with Crippen molar-refractivity contribution in [2.24, 2.45) is 11.8 Å². The van der Waals surface area contributed by atoms with Gasteiger partial charge in [0.2, 0.25) is 0 Å². The molecule has 0 amide bonds. The summed E-state index contributed by atoms with van der Waals surface area (Å²) < 4.78 is 16.8. The van der Waals surface area contributed by atoms with E-state index in [-0.39, 0.29) is 31.1 Å². The van der Waals surface area contributed by atoms with E-state index < -0.39 is 6.10 Å². The molecule has 0 aromatic heterocycles. The van der Waals surface area contributed by atoms with Crippen LogP contribution in [0.1, 0.15) is 304 Å². The van der Waals surface area contributed by atoms with Gasteiger partial charge in [0.1, 0.15) is 13.2 Å². The molecule has 0 radical (unpaired) electrons. The molecule has 0 fully saturated rings. The Labute approximate surface area is 380 Å². The van der Waals surface area contributed by atoms with Gasteiger partial charge >= 0.3 is 17.9 Å². The average Bonchev–Trinajstić information content (AvgIpc) is 3.23. The fourth-order valence-electron chi connectivity index (χ4n) is 8.34. The minimum absolute atomic E-state index is 0.0634. The van der Waals surface area contributed by atoms with Crippen molar-refractivity contribution in [3.05, 3.63) is 0 Å². The van der Waals surface area contributed by atoms with Gasteiger partial charge in [0.05, 0.1) is 0 Å². The first-order valence-electron chi connectivity index (χ1n) is 27.2. The highest BCUT2D eigenvalue weighted by molar-refractivity contribution is 5.71. The Hall–Kier alpha value is -1.59. The zero-order valence-electron chi connectivity index (χ0n) is 41.8. The molecule has 0 unspecified atom stereocenters. The van der Waals surface area contributed by atoms with Crippen LogP contribution in [0.25, 0.3) is 0 Å². The van der Waals surface area contributed by atoms with Crippen molar-refractivity contribution in [1.29, 1.82) is 0 Å². The normalized spacial score (nSPS) is 12.0. The molecule has 0 N–H and O–H groups in total. The SMILES string of the molecule is CCCCCCCCCCCCCCCCCCC(=O)OC[C@H](COC(=O)CCCCCCCCCCCC(C)C)OC(=O)CCCCCCCCCCCCCCC(C)C. The summed E-state index contributed by atoms with van der Waals surface area (Å²) in [5.41, 5.74) is 0. The largest absolute Gasteiger partial charge is 0.462 e. The molecular weight excluding hydrogens is 757 g/mol. The van der Waals surface area contributed by atoms with Crippen molar-refractivity contribution in [3.8, 4) is 0 Å². The van der Waals surface area contributed by atoms with Gasteiger partial charge in [-0.3, -0.25) is 14.4 Å². The van der Waals surface area contributed by atoms with E-state index in [2.05, 4.69) is 34.6 Å². The Morgan fingerprint density at radius 1 is 0.311 bits per heavy atom. The molecule has 6 heteroatoms. The van der Waals surface area contributed by atoms with E-state index in [0.29, 0.717) is 19.3 Å². The molecule has 6 nitrogen and oxygen atoms in total. The summed E-state index contributed by atoms with van der Waals surface area (Å²) in [6, 6.07) is 0. The summed E-state index contributed by atoms with van der Waals surface area (Å²) in [4.78, 5) is 38.0. The summed E-state index contributed by atoms with van der Waals surface area (Å²) in [7, 11) is 0. The van der Waals surface area contributed by atoms with Gasteiger partial charge in [-0.15, -0.1) is 0 Å². The van der Waals surface area contributed by atoms with E-state index in [0.717, 1.165) is 69.6 Å². The van der Waals surface area contributed by atoms with Gasteiger partial charge in [-0.2, -0.15) is 0 Å². The van der Waals surface area contributed by atoms with Crippen LogP contribution in [0.2, 0.25) is 0 Å². The summed E-state index contributed by atoms with van der Waals surface area (Å²) >= 11 is 0. The van der Waals surface area contributed by atoms with Gasteiger partial charge in [-0.1, -0.05) is 266 Å². The van der Waals surface area contributed by atoms with E-state index in [1.165, 1.54) is 193 Å². The van der Waals surface area contributed by atoms with Gasteiger partial charge in [0, 0.05) is 19.3 Å². The number of carbonyl (C=O) groups excluding carboxylic acids is 3. The lowest BCUT2D eigenvalue weighted by atomic mass is 10.0. The Kier molecular flexibility index (Phi) is 46.6. The van der Waals surface area contributed by atoms with Crippen LogP contribution in [0, 0.1) is 11.8 Å². The van der Waals surface area contributed by atoms with E-state index >= 15 is 0 Å². The average molecular weight is 863 g/mol. The predicted molar refractivity (Wildman–Crippen MR) is 261 cm³/mol. The Bertz CT molecular complexity index is 931. The number of hydrogen-bond donors (Lipinski definition) is 0. The highest BCUT2D eigenvalue weighted by Crippen LogP contribution is 2.18. The smallest absolute Gasteiger partial charge is 0.306 e. The molecule has 0 aromatic carbocycles. The number of esters is 3. The predicted octanol–water partition coefficient (Wildman–Crippen LogP) is 17.7. The second kappa shape index (κ2) is 47.9. The maximum absolute atomic E-state index is 12.8. The minimum atomic E-state index is -0.762. The summed E-state index contributed by atoms with van der Waals surface area (Å²) in [5, 5.41) is 0. The monoisotopic (exact) mass is 863 g/mol. The van der Waals surface area contributed by atoms with Crippen molar-refractivity contribution < 1.29 is 28.6 Å². The first kappa shape index (κ1) is 59.4. The molecule has 0 saturated heterocycles. The van der Waals surface area contributed by atoms with Crippen LogP contribution in [0.15, 0.2) is 0 Å². The lowest BCUT2D eigenvalue weighted by Gasteiger charge is -2.18. The summed E-state index contributed by atoms with van der Waals surface area (Å²) in [6.07, 6.45) is 49.5. The zero-order chi connectivity index (χ0) is 44.7. The lowest BCUT2D eigenvalue weighted by Crippen LogP contribution is -2.30. The van der Waals surface area contributed by atoms with E-state index in [4.69, 9.17) is 14.2 Å². The standard InChI is InChI=1S/C55H106O6/c1-6-7-8-9-10-11-12-13-14-15-16-20-25-30-35-40-45-53(56)59-48-52(49-60-54(57)46-41-36-31-27-22-24-29-34-39-44-51(4)5)61-55(58)47-42-37-32-26-21-18-17-19-23-28-33-38-43-50(2)3/h50-52H,6-49H2,1-5H3/t52-/m1/s1. The second-order valence-electron chi connectivity index (χ2n) is 19.8. The lowest BCUT2D eigenvalue weighted by molar-refractivity contribution is -0.167. The van der Waals surface area contributed by atoms with Crippen molar-refractivity contribution in [2.45, 2.75) is 310 Å². The van der Waals surface area contributed by atoms with Crippen LogP contribution in [-0.4, -0.2) is 37.2 Å². The van der Waals surface area contributed by atoms with E-state index in [1.807, 2.05) is 0 Å². The quantitative estimate of drug-likeness (QED) is 0.0344. The third kappa shape index (κ3) is 49.3. The third-order valence-electron chi connectivity index (χ3n) is 12.5. The molecule has 0 rings (SSSR count). The van der Waals surface area contributed by atoms with Gasteiger partial charge in [-0.05, 0) is 31.1 Å². The van der Waals surface area contributed by atoms with E-state index in [9.17, 15) is 14.4 Å². The van der Waals surface area contributed by atoms with Crippen LogP contribution in [0.3, 0.4) is 0 Å². The van der Waals surface area contributed by atoms with Gasteiger partial charge < -0.3 is 14.2 Å². The van der Waals surface area contributed by atoms with Crippen LogP contribution < -0.4 is 0 Å². The summed E-state index contributed by atoms with van der Waals surface area (Å²) in [5.74, 6) is 0.795. The second-order valence-corrected chi connectivity index (χ2v) is 19.8. The Morgan fingerprint density at radius 3 is 0.803 bits per heavy atom. The van der Waals surface area contributed by atoms with Crippen molar-refractivity contribution in [1.82, 2.24) is 0 Å². The fourth-order valence-corrected chi connectivity index (χ4v) is 8.34. The topological polar surface area (TPSA) is 78.9 Å². The van der Waals surface area contributed by atoms with Crippen LogP contribution in [0.4, 0.5) is 0 Å². The molecule has 0 saturated carbocycles. The number of unbranched alkanes of at least 4 members (excludes halogenated alkanes) is 34. The molecule has 0 heterocycles. The maximum atomic E-state index is 12.8. The molecule has 1 atom stereocenters. The van der Waals surface area contributed by atoms with Crippen molar-refractivity contribution in [3.63, 3.8) is 0 Å². The third-order valence-corrected chi connectivity index (χ3v) is 12.5. The maximum Gasteiger partial charge on any atom is 0.306 e. The van der Waals surface area contributed by atoms with Crippen LogP contribution in [0.5, 0.6) is 0 Å². The summed E-state index contributed by atoms with van der Waals surface area (Å²) in [6.45, 7) is 11.4. The van der Waals surface area contributed by atoms with Gasteiger partial charge in [0.15, 0.2) is 6.10 Å². The first-order chi connectivity index (χ1) is 29.7. The van der Waals surface area contributed by atoms with Crippen molar-refractivity contribution >= 4 is 17.9 Å². The van der Waals surface area contributed by atoms with Crippen LogP contribution in [-0.2, 0) is 28.6 Å². The molecule has 61 heavy (non-hydrogen) atoms. The Balaban J connectivity index is 4.30. The number of ether oxygens (including phenoxy) is 3. The highest BCUT2D eigenvalue weighted by Gasteiger charge is 2.19. The number of carbonyl (C=O) groups is 3. The Morgan fingerprint density at radius 2 is 0.541 bits per heavy atom. The molecule has 0 aromatic rings. The van der Waals surface area contributed by atoms with Crippen molar-refractivity contribution in [2.75, 3.05) is 13.2 Å². The number of rotatable bonds is 49. The van der Waals surface area contributed by atoms with E-state index in [1.54, 1.807) is 0 Å². The molecule has 0 aliphatic heterocycles. The van der Waals surface area contributed by atoms with Crippen LogP contribution >= 0.6 is 0 Å². The van der Waals surface area contributed by atoms with Gasteiger partial charge in [-0.25, -0.2) is 0 Å². The highest BCUT2D eigenvalue weighted by atomic mass is 16.6. The molecule has 0 aliphatic rings. The minimum Gasteiger partial charge on any atom is -0.462 e. The molecular formula is C55H106O6.